The zero-order chi connectivity index (χ0) is 15.9. The largest absolute Gasteiger partial charge is 0.490 e. The van der Waals surface area contributed by atoms with Crippen molar-refractivity contribution in [3.05, 3.63) is 29.3 Å². The Morgan fingerprint density at radius 1 is 1.35 bits per heavy atom. The van der Waals surface area contributed by atoms with Gasteiger partial charge in [-0.2, -0.15) is 0 Å². The number of amides is 1. The normalized spacial score (nSPS) is 26.0. The van der Waals surface area contributed by atoms with Crippen LogP contribution in [0.2, 0.25) is 0 Å². The molecule has 1 amide bonds. The van der Waals surface area contributed by atoms with Gasteiger partial charge in [0.2, 0.25) is 0 Å². The molecule has 0 saturated carbocycles. The van der Waals surface area contributed by atoms with Crippen molar-refractivity contribution in [2.24, 2.45) is 0 Å². The Kier molecular flexibility index (Phi) is 3.77. The molecule has 2 saturated heterocycles. The lowest BCUT2D eigenvalue weighted by Crippen LogP contribution is -2.57. The summed E-state index contributed by atoms with van der Waals surface area (Å²) in [5.41, 5.74) is 1.77. The molecule has 5 heteroatoms. The number of benzene rings is 1. The highest BCUT2D eigenvalue weighted by atomic mass is 16.5. The van der Waals surface area contributed by atoms with E-state index in [0.717, 1.165) is 49.2 Å². The average Bonchev–Trinajstić information content (AvgIpc) is 2.94. The molecule has 0 bridgehead atoms. The first-order valence-electron chi connectivity index (χ1n) is 8.59. The molecule has 3 heterocycles. The van der Waals surface area contributed by atoms with E-state index in [1.54, 1.807) is 0 Å². The van der Waals surface area contributed by atoms with Gasteiger partial charge in [-0.05, 0) is 56.6 Å². The van der Waals surface area contributed by atoms with Crippen LogP contribution in [-0.2, 0) is 11.2 Å². The Labute approximate surface area is 136 Å². The van der Waals surface area contributed by atoms with E-state index >= 15 is 0 Å². The number of fused-ring (bicyclic) bond motifs is 1. The number of carbonyl (C=O) groups excluding carboxylic acids is 1. The minimum absolute atomic E-state index is 0.119. The molecule has 0 aromatic heterocycles. The number of rotatable bonds is 1. The maximum absolute atomic E-state index is 12.9. The number of piperidine rings is 1. The van der Waals surface area contributed by atoms with Crippen LogP contribution in [0.3, 0.4) is 0 Å². The molecule has 0 radical (unpaired) electrons. The lowest BCUT2D eigenvalue weighted by Gasteiger charge is -2.45. The fourth-order valence-corrected chi connectivity index (χ4v) is 3.94. The van der Waals surface area contributed by atoms with Crippen molar-refractivity contribution in [1.82, 2.24) is 10.2 Å². The zero-order valence-electron chi connectivity index (χ0n) is 13.6. The number of hydrogen-bond acceptors (Lipinski definition) is 4. The Bertz CT molecular complexity index is 605. The van der Waals surface area contributed by atoms with Crippen molar-refractivity contribution < 1.29 is 14.3 Å². The van der Waals surface area contributed by atoms with Crippen molar-refractivity contribution in [3.63, 3.8) is 0 Å². The van der Waals surface area contributed by atoms with Gasteiger partial charge in [-0.3, -0.25) is 4.79 Å². The summed E-state index contributed by atoms with van der Waals surface area (Å²) < 4.78 is 11.8. The summed E-state index contributed by atoms with van der Waals surface area (Å²) in [6, 6.07) is 5.84. The van der Waals surface area contributed by atoms with Crippen molar-refractivity contribution in [3.8, 4) is 5.75 Å². The summed E-state index contributed by atoms with van der Waals surface area (Å²) in [6.45, 7) is 6.02. The molecular weight excluding hydrogens is 292 g/mol. The summed E-state index contributed by atoms with van der Waals surface area (Å²) in [5.74, 6) is 1.04. The highest BCUT2D eigenvalue weighted by Crippen LogP contribution is 2.31. The van der Waals surface area contributed by atoms with E-state index in [0.29, 0.717) is 19.7 Å². The summed E-state index contributed by atoms with van der Waals surface area (Å²) in [5, 5.41) is 3.37. The van der Waals surface area contributed by atoms with E-state index in [1.807, 2.05) is 23.1 Å². The highest BCUT2D eigenvalue weighted by molar-refractivity contribution is 5.94. The Balaban J connectivity index is 1.51. The van der Waals surface area contributed by atoms with E-state index in [-0.39, 0.29) is 17.6 Å². The molecule has 2 fully saturated rings. The van der Waals surface area contributed by atoms with Crippen LogP contribution in [-0.4, -0.2) is 55.3 Å². The van der Waals surface area contributed by atoms with Gasteiger partial charge in [0.05, 0.1) is 18.8 Å². The minimum Gasteiger partial charge on any atom is -0.490 e. The average molecular weight is 316 g/mol. The second kappa shape index (κ2) is 5.80. The highest BCUT2D eigenvalue weighted by Gasteiger charge is 2.39. The third-order valence-electron chi connectivity index (χ3n) is 5.19. The molecular formula is C18H24N2O3. The van der Waals surface area contributed by atoms with Crippen molar-refractivity contribution in [1.29, 1.82) is 0 Å². The number of morpholine rings is 1. The first-order valence-corrected chi connectivity index (χ1v) is 8.59. The van der Waals surface area contributed by atoms with Gasteiger partial charge >= 0.3 is 0 Å². The van der Waals surface area contributed by atoms with Gasteiger partial charge in [-0.15, -0.1) is 0 Å². The van der Waals surface area contributed by atoms with Crippen LogP contribution < -0.4 is 10.1 Å². The lowest BCUT2D eigenvalue weighted by molar-refractivity contribution is -0.114. The standard InChI is InChI=1S/C18H24N2O3/c1-13-10-15-11-14(2-3-16(15)23-13)17(21)20-8-9-22-18(12-20)4-6-19-7-5-18/h2-3,11,13,19H,4-10,12H2,1H3/t13-/m1/s1. The summed E-state index contributed by atoms with van der Waals surface area (Å²) in [4.78, 5) is 14.9. The minimum atomic E-state index is -0.145. The van der Waals surface area contributed by atoms with Crippen LogP contribution in [0.1, 0.15) is 35.7 Å². The third-order valence-corrected chi connectivity index (χ3v) is 5.19. The van der Waals surface area contributed by atoms with Crippen LogP contribution in [0, 0.1) is 0 Å². The van der Waals surface area contributed by atoms with Crippen LogP contribution in [0.15, 0.2) is 18.2 Å². The summed E-state index contributed by atoms with van der Waals surface area (Å²) in [7, 11) is 0. The van der Waals surface area contributed by atoms with Crippen LogP contribution in [0.5, 0.6) is 5.75 Å². The predicted molar refractivity (Wildman–Crippen MR) is 86.9 cm³/mol. The smallest absolute Gasteiger partial charge is 0.254 e. The van der Waals surface area contributed by atoms with Crippen LogP contribution >= 0.6 is 0 Å². The molecule has 0 aliphatic carbocycles. The van der Waals surface area contributed by atoms with E-state index < -0.39 is 0 Å². The lowest BCUT2D eigenvalue weighted by atomic mass is 9.90. The van der Waals surface area contributed by atoms with Crippen molar-refractivity contribution in [2.45, 2.75) is 37.9 Å². The number of hydrogen-bond donors (Lipinski definition) is 1. The maximum atomic E-state index is 12.9. The number of nitrogens with one attached hydrogen (secondary N) is 1. The second-order valence-corrected chi connectivity index (χ2v) is 6.96. The Morgan fingerprint density at radius 2 is 2.17 bits per heavy atom. The summed E-state index contributed by atoms with van der Waals surface area (Å²) in [6.07, 6.45) is 3.05. The molecule has 5 nitrogen and oxygen atoms in total. The van der Waals surface area contributed by atoms with Crippen molar-refractivity contribution >= 4 is 5.91 Å². The van der Waals surface area contributed by atoms with Gasteiger partial charge < -0.3 is 19.7 Å². The van der Waals surface area contributed by atoms with Gasteiger partial charge in [0.15, 0.2) is 0 Å². The molecule has 1 atom stereocenters. The molecule has 3 aliphatic rings. The van der Waals surface area contributed by atoms with Gasteiger partial charge in [-0.1, -0.05) is 0 Å². The fourth-order valence-electron chi connectivity index (χ4n) is 3.94. The quantitative estimate of drug-likeness (QED) is 0.855. The van der Waals surface area contributed by atoms with Gasteiger partial charge in [0.1, 0.15) is 11.9 Å². The van der Waals surface area contributed by atoms with Crippen LogP contribution in [0.25, 0.3) is 0 Å². The van der Waals surface area contributed by atoms with E-state index in [9.17, 15) is 4.79 Å². The molecule has 124 valence electrons. The van der Waals surface area contributed by atoms with Crippen molar-refractivity contribution in [2.75, 3.05) is 32.8 Å². The SMILES string of the molecule is C[C@@H]1Cc2cc(C(=O)N3CCOC4(CCNCC4)C3)ccc2O1. The first kappa shape index (κ1) is 15.0. The summed E-state index contributed by atoms with van der Waals surface area (Å²) >= 11 is 0. The third kappa shape index (κ3) is 2.83. The molecule has 1 aromatic carbocycles. The molecule has 1 aromatic rings. The molecule has 1 N–H and O–H groups in total. The predicted octanol–water partition coefficient (Wildman–Crippen LogP) is 1.60. The maximum Gasteiger partial charge on any atom is 0.254 e. The fraction of sp³-hybridized carbons (Fsp3) is 0.611. The number of nitrogens with zero attached hydrogens (tertiary/aromatic N) is 1. The monoisotopic (exact) mass is 316 g/mol. The first-order chi connectivity index (χ1) is 11.2. The van der Waals surface area contributed by atoms with Gasteiger partial charge in [0.25, 0.3) is 5.91 Å². The van der Waals surface area contributed by atoms with Gasteiger partial charge in [-0.25, -0.2) is 0 Å². The van der Waals surface area contributed by atoms with E-state index in [2.05, 4.69) is 12.2 Å². The van der Waals surface area contributed by atoms with Crippen LogP contribution in [0.4, 0.5) is 0 Å². The second-order valence-electron chi connectivity index (χ2n) is 6.96. The topological polar surface area (TPSA) is 50.8 Å². The zero-order valence-corrected chi connectivity index (χ0v) is 13.6. The molecule has 23 heavy (non-hydrogen) atoms. The molecule has 1 spiro atoms. The number of carbonyl (C=O) groups is 1. The van der Waals surface area contributed by atoms with E-state index in [4.69, 9.17) is 9.47 Å². The molecule has 0 unspecified atom stereocenters. The molecule has 4 rings (SSSR count). The Morgan fingerprint density at radius 3 is 3.00 bits per heavy atom. The Hall–Kier alpha value is -1.59. The van der Waals surface area contributed by atoms with E-state index in [1.165, 1.54) is 0 Å². The van der Waals surface area contributed by atoms with Gasteiger partial charge in [0, 0.05) is 18.5 Å². The molecule has 3 aliphatic heterocycles. The number of ether oxygens (including phenoxy) is 2.